The van der Waals surface area contributed by atoms with Crippen molar-refractivity contribution in [3.63, 3.8) is 0 Å². The summed E-state index contributed by atoms with van der Waals surface area (Å²) in [5.74, 6) is 1.01. The van der Waals surface area contributed by atoms with Crippen LogP contribution in [-0.4, -0.2) is 39.3 Å². The van der Waals surface area contributed by atoms with Crippen molar-refractivity contribution in [2.24, 2.45) is 0 Å². The molecule has 0 unspecified atom stereocenters. The van der Waals surface area contributed by atoms with Crippen LogP contribution in [0.25, 0.3) is 0 Å². The molecule has 3 heteroatoms. The van der Waals surface area contributed by atoms with Crippen LogP contribution in [0.5, 0.6) is 5.75 Å². The zero-order chi connectivity index (χ0) is 11.9. The Kier molecular flexibility index (Phi) is 4.83. The van der Waals surface area contributed by atoms with Crippen molar-refractivity contribution in [1.29, 1.82) is 0 Å². The summed E-state index contributed by atoms with van der Waals surface area (Å²) in [7, 11) is 0. The number of hydrogen-bond donors (Lipinski definition) is 2. The van der Waals surface area contributed by atoms with Gasteiger partial charge in [0.2, 0.25) is 0 Å². The van der Waals surface area contributed by atoms with Crippen LogP contribution in [-0.2, 0) is 0 Å². The number of rotatable bonds is 5. The molecule has 1 saturated heterocycles. The van der Waals surface area contributed by atoms with Gasteiger partial charge in [-0.15, -0.1) is 0 Å². The lowest BCUT2D eigenvalue weighted by molar-refractivity contribution is -0.946. The van der Waals surface area contributed by atoms with E-state index < -0.39 is 0 Å². The Hall–Kier alpha value is -1.06. The van der Waals surface area contributed by atoms with Crippen molar-refractivity contribution in [3.05, 3.63) is 29.8 Å². The highest BCUT2D eigenvalue weighted by molar-refractivity contribution is 5.27. The lowest BCUT2D eigenvalue weighted by Crippen LogP contribution is -3.20. The van der Waals surface area contributed by atoms with Crippen LogP contribution in [0.15, 0.2) is 24.3 Å². The summed E-state index contributed by atoms with van der Waals surface area (Å²) in [5, 5.41) is 2.41. The number of hydrogen-bond acceptors (Lipinski definition) is 1. The molecule has 1 aromatic rings. The van der Waals surface area contributed by atoms with Crippen LogP contribution in [0.2, 0.25) is 0 Å². The molecule has 0 amide bonds. The van der Waals surface area contributed by atoms with E-state index in [0.717, 1.165) is 18.8 Å². The first kappa shape index (κ1) is 12.4. The highest BCUT2D eigenvalue weighted by Gasteiger charge is 2.14. The highest BCUT2D eigenvalue weighted by Crippen LogP contribution is 2.12. The van der Waals surface area contributed by atoms with Crippen LogP contribution in [0.3, 0.4) is 0 Å². The molecule has 0 saturated carbocycles. The molecule has 94 valence electrons. The third-order valence-corrected chi connectivity index (χ3v) is 3.34. The number of nitrogens with one attached hydrogen (secondary N) is 1. The van der Waals surface area contributed by atoms with E-state index in [1.165, 1.54) is 38.3 Å². The van der Waals surface area contributed by atoms with Crippen molar-refractivity contribution in [2.45, 2.75) is 13.3 Å². The molecule has 0 bridgehead atoms. The van der Waals surface area contributed by atoms with Gasteiger partial charge in [-0.05, 0) is 24.6 Å². The summed E-state index contributed by atoms with van der Waals surface area (Å²) in [4.78, 5) is 1.74. The van der Waals surface area contributed by atoms with Gasteiger partial charge in [0.05, 0.1) is 13.2 Å². The average Bonchev–Trinajstić information content (AvgIpc) is 2.36. The van der Waals surface area contributed by atoms with E-state index in [1.54, 1.807) is 4.90 Å². The molecule has 2 rings (SSSR count). The van der Waals surface area contributed by atoms with E-state index in [2.05, 4.69) is 30.4 Å². The molecule has 1 aliphatic rings. The number of benzene rings is 1. The smallest absolute Gasteiger partial charge is 0.127 e. The second-order valence-electron chi connectivity index (χ2n) is 4.88. The molecule has 3 nitrogen and oxygen atoms in total. The molecular formula is C14H24N2O+2. The topological polar surface area (TPSA) is 30.3 Å². The van der Waals surface area contributed by atoms with Crippen molar-refractivity contribution in [1.82, 2.24) is 0 Å². The van der Waals surface area contributed by atoms with Gasteiger partial charge in [0.15, 0.2) is 0 Å². The quantitative estimate of drug-likeness (QED) is 0.646. The lowest BCUT2D eigenvalue weighted by atomic mass is 10.2. The minimum Gasteiger partial charge on any atom is -0.493 e. The fourth-order valence-corrected chi connectivity index (χ4v) is 2.35. The first-order valence-electron chi connectivity index (χ1n) is 6.69. The monoisotopic (exact) mass is 236 g/mol. The largest absolute Gasteiger partial charge is 0.493 e. The summed E-state index contributed by atoms with van der Waals surface area (Å²) < 4.78 is 5.76. The molecule has 0 aliphatic carbocycles. The van der Waals surface area contributed by atoms with E-state index in [-0.39, 0.29) is 0 Å². The second kappa shape index (κ2) is 6.62. The number of quaternary nitrogens is 2. The van der Waals surface area contributed by atoms with Gasteiger partial charge in [0.25, 0.3) is 0 Å². The number of ether oxygens (including phenoxy) is 1. The standard InChI is InChI=1S/C14H22N2O/c1-13-4-2-5-14(12-13)17-11-3-8-16-9-6-15-7-10-16/h2,4-5,12,15H,3,6-11H2,1H3/p+2. The third-order valence-electron chi connectivity index (χ3n) is 3.34. The summed E-state index contributed by atoms with van der Waals surface area (Å²) >= 11 is 0. The van der Waals surface area contributed by atoms with E-state index in [1.807, 2.05) is 6.07 Å². The number of aryl methyl sites for hydroxylation is 1. The molecule has 1 fully saturated rings. The van der Waals surface area contributed by atoms with Crippen molar-refractivity contribution in [3.8, 4) is 5.75 Å². The zero-order valence-corrected chi connectivity index (χ0v) is 10.7. The number of piperazine rings is 1. The van der Waals surface area contributed by atoms with Crippen LogP contribution in [0, 0.1) is 6.92 Å². The Labute approximate surface area is 104 Å². The Bertz CT molecular complexity index is 335. The van der Waals surface area contributed by atoms with Crippen molar-refractivity contribution < 1.29 is 15.0 Å². The Morgan fingerprint density at radius 2 is 2.12 bits per heavy atom. The van der Waals surface area contributed by atoms with Gasteiger partial charge < -0.3 is 15.0 Å². The van der Waals surface area contributed by atoms with Gasteiger partial charge in [0.1, 0.15) is 31.9 Å². The van der Waals surface area contributed by atoms with E-state index in [0.29, 0.717) is 0 Å². The molecule has 1 aliphatic heterocycles. The minimum atomic E-state index is 0.844. The van der Waals surface area contributed by atoms with E-state index in [4.69, 9.17) is 4.74 Å². The Balaban J connectivity index is 1.62. The SMILES string of the molecule is Cc1cccc(OCCC[NH+]2CC[NH2+]CC2)c1. The molecule has 1 aromatic carbocycles. The average molecular weight is 236 g/mol. The fourth-order valence-electron chi connectivity index (χ4n) is 2.35. The summed E-state index contributed by atoms with van der Waals surface area (Å²) in [5.41, 5.74) is 1.26. The molecular weight excluding hydrogens is 212 g/mol. The molecule has 1 heterocycles. The summed E-state index contributed by atoms with van der Waals surface area (Å²) in [6.07, 6.45) is 1.16. The maximum Gasteiger partial charge on any atom is 0.127 e. The Morgan fingerprint density at radius 3 is 2.88 bits per heavy atom. The fraction of sp³-hybridized carbons (Fsp3) is 0.571. The zero-order valence-electron chi connectivity index (χ0n) is 10.7. The normalized spacial score (nSPS) is 17.0. The van der Waals surface area contributed by atoms with Gasteiger partial charge >= 0.3 is 0 Å². The third kappa shape index (κ3) is 4.36. The Morgan fingerprint density at radius 1 is 1.29 bits per heavy atom. The molecule has 17 heavy (non-hydrogen) atoms. The highest BCUT2D eigenvalue weighted by atomic mass is 16.5. The van der Waals surface area contributed by atoms with E-state index in [9.17, 15) is 0 Å². The summed E-state index contributed by atoms with van der Waals surface area (Å²) in [6, 6.07) is 8.29. The predicted molar refractivity (Wildman–Crippen MR) is 68.5 cm³/mol. The van der Waals surface area contributed by atoms with Crippen LogP contribution in [0.1, 0.15) is 12.0 Å². The first-order chi connectivity index (χ1) is 8.34. The maximum atomic E-state index is 5.76. The lowest BCUT2D eigenvalue weighted by Gasteiger charge is -2.22. The maximum absolute atomic E-state index is 5.76. The molecule has 0 aromatic heterocycles. The molecule has 3 N–H and O–H groups in total. The first-order valence-corrected chi connectivity index (χ1v) is 6.69. The summed E-state index contributed by atoms with van der Waals surface area (Å²) in [6.45, 7) is 9.38. The number of nitrogens with two attached hydrogens (primary N) is 1. The van der Waals surface area contributed by atoms with Crippen LogP contribution < -0.4 is 15.0 Å². The van der Waals surface area contributed by atoms with Crippen molar-refractivity contribution in [2.75, 3.05) is 39.3 Å². The molecule has 0 spiro atoms. The van der Waals surface area contributed by atoms with Gasteiger partial charge in [0, 0.05) is 6.42 Å². The van der Waals surface area contributed by atoms with Gasteiger partial charge in [-0.1, -0.05) is 12.1 Å². The minimum absolute atomic E-state index is 0.844. The van der Waals surface area contributed by atoms with Crippen LogP contribution >= 0.6 is 0 Å². The van der Waals surface area contributed by atoms with Gasteiger partial charge in [-0.25, -0.2) is 0 Å². The predicted octanol–water partition coefficient (Wildman–Crippen LogP) is -0.774. The van der Waals surface area contributed by atoms with Crippen LogP contribution in [0.4, 0.5) is 0 Å². The molecule has 0 radical (unpaired) electrons. The molecule has 0 atom stereocenters. The van der Waals surface area contributed by atoms with E-state index >= 15 is 0 Å². The van der Waals surface area contributed by atoms with Crippen molar-refractivity contribution >= 4 is 0 Å². The second-order valence-corrected chi connectivity index (χ2v) is 4.88. The van der Waals surface area contributed by atoms with Gasteiger partial charge in [-0.2, -0.15) is 0 Å². The van der Waals surface area contributed by atoms with Gasteiger partial charge in [-0.3, -0.25) is 0 Å².